The number of anilines is 1. The predicted octanol–water partition coefficient (Wildman–Crippen LogP) is 4.49. The molecule has 0 spiro atoms. The zero-order valence-corrected chi connectivity index (χ0v) is 13.2. The maximum absolute atomic E-state index is 9.45. The normalized spacial score (nSPS) is 10.3. The molecule has 0 atom stereocenters. The minimum Gasteiger partial charge on any atom is -0.383 e. The molecule has 1 heterocycles. The maximum atomic E-state index is 9.45. The second kappa shape index (κ2) is 5.94. The predicted molar refractivity (Wildman–Crippen MR) is 93.7 cm³/mol. The highest BCUT2D eigenvalue weighted by atomic mass is 14.8. The fourth-order valence-corrected chi connectivity index (χ4v) is 2.60. The van der Waals surface area contributed by atoms with Crippen molar-refractivity contribution in [1.29, 1.82) is 5.26 Å². The van der Waals surface area contributed by atoms with Crippen LogP contribution in [0.5, 0.6) is 0 Å². The van der Waals surface area contributed by atoms with Gasteiger partial charge in [-0.05, 0) is 31.5 Å². The van der Waals surface area contributed by atoms with E-state index < -0.39 is 0 Å². The number of aryl methyl sites for hydroxylation is 2. The van der Waals surface area contributed by atoms with Crippen LogP contribution in [0.3, 0.4) is 0 Å². The average Bonchev–Trinajstić information content (AvgIpc) is 2.55. The van der Waals surface area contributed by atoms with E-state index in [1.165, 1.54) is 5.56 Å². The first-order valence-corrected chi connectivity index (χ1v) is 7.43. The van der Waals surface area contributed by atoms with Crippen LogP contribution in [0, 0.1) is 25.2 Å². The lowest BCUT2D eigenvalue weighted by atomic mass is 9.97. The Kier molecular flexibility index (Phi) is 3.82. The van der Waals surface area contributed by atoms with Crippen molar-refractivity contribution in [3.05, 3.63) is 71.3 Å². The topological polar surface area (TPSA) is 62.7 Å². The standard InChI is InChI=1S/C20H17N3/c1-13-6-8-15(9-7-13)17-11-19(23-20(22)18(17)12-21)16-5-3-4-14(2)10-16/h3-11H,1-2H3,(H2,22,23). The van der Waals surface area contributed by atoms with Crippen molar-refractivity contribution in [1.82, 2.24) is 4.98 Å². The molecular weight excluding hydrogens is 282 g/mol. The van der Waals surface area contributed by atoms with Crippen LogP contribution in [0.1, 0.15) is 16.7 Å². The molecule has 0 aliphatic heterocycles. The molecule has 2 N–H and O–H groups in total. The summed E-state index contributed by atoms with van der Waals surface area (Å²) >= 11 is 0. The molecule has 0 bridgehead atoms. The third-order valence-electron chi connectivity index (χ3n) is 3.84. The van der Waals surface area contributed by atoms with Crippen LogP contribution in [0.15, 0.2) is 54.6 Å². The minimum absolute atomic E-state index is 0.266. The molecule has 3 nitrogen and oxygen atoms in total. The molecule has 3 heteroatoms. The molecule has 1 aromatic heterocycles. The minimum atomic E-state index is 0.266. The highest BCUT2D eigenvalue weighted by molar-refractivity contribution is 5.80. The van der Waals surface area contributed by atoms with Crippen molar-refractivity contribution in [2.45, 2.75) is 13.8 Å². The van der Waals surface area contributed by atoms with Gasteiger partial charge >= 0.3 is 0 Å². The molecule has 0 aliphatic carbocycles. The van der Waals surface area contributed by atoms with E-state index in [4.69, 9.17) is 5.73 Å². The molecule has 0 amide bonds. The number of nitriles is 1. The Bertz CT molecular complexity index is 903. The van der Waals surface area contributed by atoms with Crippen molar-refractivity contribution >= 4 is 5.82 Å². The Morgan fingerprint density at radius 2 is 1.65 bits per heavy atom. The smallest absolute Gasteiger partial charge is 0.142 e. The van der Waals surface area contributed by atoms with Crippen LogP contribution in [-0.2, 0) is 0 Å². The third kappa shape index (κ3) is 2.93. The van der Waals surface area contributed by atoms with Crippen LogP contribution >= 0.6 is 0 Å². The molecule has 3 rings (SSSR count). The third-order valence-corrected chi connectivity index (χ3v) is 3.84. The van der Waals surface area contributed by atoms with Crippen LogP contribution in [-0.4, -0.2) is 4.98 Å². The first kappa shape index (κ1) is 14.8. The largest absolute Gasteiger partial charge is 0.383 e. The summed E-state index contributed by atoms with van der Waals surface area (Å²) in [7, 11) is 0. The molecule has 0 aliphatic rings. The van der Waals surface area contributed by atoms with Gasteiger partial charge in [-0.15, -0.1) is 0 Å². The van der Waals surface area contributed by atoms with Gasteiger partial charge in [0.25, 0.3) is 0 Å². The lowest BCUT2D eigenvalue weighted by Crippen LogP contribution is -2.00. The zero-order valence-electron chi connectivity index (χ0n) is 13.2. The highest BCUT2D eigenvalue weighted by Gasteiger charge is 2.13. The zero-order chi connectivity index (χ0) is 16.4. The lowest BCUT2D eigenvalue weighted by Gasteiger charge is -2.11. The van der Waals surface area contributed by atoms with Crippen molar-refractivity contribution in [2.75, 3.05) is 5.73 Å². The van der Waals surface area contributed by atoms with Crippen molar-refractivity contribution in [3.63, 3.8) is 0 Å². The Hall–Kier alpha value is -3.12. The van der Waals surface area contributed by atoms with Crippen LogP contribution in [0.25, 0.3) is 22.4 Å². The number of pyridine rings is 1. The van der Waals surface area contributed by atoms with Gasteiger partial charge in [0.2, 0.25) is 0 Å². The molecule has 3 aromatic rings. The highest BCUT2D eigenvalue weighted by Crippen LogP contribution is 2.31. The Morgan fingerprint density at radius 3 is 2.30 bits per heavy atom. The Balaban J connectivity index is 2.22. The Morgan fingerprint density at radius 1 is 0.913 bits per heavy atom. The SMILES string of the molecule is Cc1ccc(-c2cc(-c3cccc(C)c3)nc(N)c2C#N)cc1. The van der Waals surface area contributed by atoms with Crippen molar-refractivity contribution in [3.8, 4) is 28.5 Å². The lowest BCUT2D eigenvalue weighted by molar-refractivity contribution is 1.30. The number of nitrogen functional groups attached to an aromatic ring is 1. The number of rotatable bonds is 2. The van der Waals surface area contributed by atoms with E-state index in [2.05, 4.69) is 17.1 Å². The maximum Gasteiger partial charge on any atom is 0.142 e. The second-order valence-electron chi connectivity index (χ2n) is 5.66. The molecular formula is C20H17N3. The molecule has 0 radical (unpaired) electrons. The van der Waals surface area contributed by atoms with E-state index in [1.54, 1.807) is 0 Å². The average molecular weight is 299 g/mol. The van der Waals surface area contributed by atoms with Gasteiger partial charge in [0.1, 0.15) is 17.5 Å². The number of hydrogen-bond acceptors (Lipinski definition) is 3. The first-order chi connectivity index (χ1) is 11.1. The number of aromatic nitrogens is 1. The van der Waals surface area contributed by atoms with Gasteiger partial charge in [-0.25, -0.2) is 4.98 Å². The van der Waals surface area contributed by atoms with E-state index in [0.29, 0.717) is 5.56 Å². The number of nitrogens with zero attached hydrogens (tertiary/aromatic N) is 2. The van der Waals surface area contributed by atoms with E-state index in [0.717, 1.165) is 27.9 Å². The fraction of sp³-hybridized carbons (Fsp3) is 0.100. The van der Waals surface area contributed by atoms with Crippen molar-refractivity contribution < 1.29 is 0 Å². The van der Waals surface area contributed by atoms with Crippen LogP contribution in [0.2, 0.25) is 0 Å². The summed E-state index contributed by atoms with van der Waals surface area (Å²) in [6, 6.07) is 20.3. The number of hydrogen-bond donors (Lipinski definition) is 1. The summed E-state index contributed by atoms with van der Waals surface area (Å²) in [5, 5.41) is 9.45. The summed E-state index contributed by atoms with van der Waals surface area (Å²) in [4.78, 5) is 4.41. The summed E-state index contributed by atoms with van der Waals surface area (Å²) in [5.74, 6) is 0.266. The quantitative estimate of drug-likeness (QED) is 0.758. The molecule has 0 unspecified atom stereocenters. The van der Waals surface area contributed by atoms with Gasteiger partial charge in [-0.1, -0.05) is 53.6 Å². The fourth-order valence-electron chi connectivity index (χ4n) is 2.60. The molecule has 23 heavy (non-hydrogen) atoms. The van der Waals surface area contributed by atoms with Crippen LogP contribution in [0.4, 0.5) is 5.82 Å². The van der Waals surface area contributed by atoms with Gasteiger partial charge < -0.3 is 5.73 Å². The second-order valence-corrected chi connectivity index (χ2v) is 5.66. The van der Waals surface area contributed by atoms with E-state index in [-0.39, 0.29) is 5.82 Å². The summed E-state index contributed by atoms with van der Waals surface area (Å²) in [6.45, 7) is 4.07. The monoisotopic (exact) mass is 299 g/mol. The summed E-state index contributed by atoms with van der Waals surface area (Å²) in [5.41, 5.74) is 12.4. The Labute approximate surface area is 136 Å². The van der Waals surface area contributed by atoms with Gasteiger partial charge in [0, 0.05) is 11.1 Å². The molecule has 0 fully saturated rings. The van der Waals surface area contributed by atoms with E-state index >= 15 is 0 Å². The molecule has 2 aromatic carbocycles. The number of nitrogens with two attached hydrogens (primary N) is 1. The van der Waals surface area contributed by atoms with Crippen LogP contribution < -0.4 is 5.73 Å². The van der Waals surface area contributed by atoms with Gasteiger partial charge in [-0.3, -0.25) is 0 Å². The van der Waals surface area contributed by atoms with Gasteiger partial charge in [0.05, 0.1) is 5.69 Å². The van der Waals surface area contributed by atoms with Gasteiger partial charge in [0.15, 0.2) is 0 Å². The molecule has 0 saturated carbocycles. The first-order valence-electron chi connectivity index (χ1n) is 7.43. The van der Waals surface area contributed by atoms with Gasteiger partial charge in [-0.2, -0.15) is 5.26 Å². The summed E-state index contributed by atoms with van der Waals surface area (Å²) < 4.78 is 0. The van der Waals surface area contributed by atoms with E-state index in [9.17, 15) is 5.26 Å². The van der Waals surface area contributed by atoms with Crippen molar-refractivity contribution in [2.24, 2.45) is 0 Å². The summed E-state index contributed by atoms with van der Waals surface area (Å²) in [6.07, 6.45) is 0. The number of benzene rings is 2. The molecule has 0 saturated heterocycles. The molecule has 112 valence electrons. The van der Waals surface area contributed by atoms with E-state index in [1.807, 2.05) is 62.4 Å².